The Bertz CT molecular complexity index is 616. The Morgan fingerprint density at radius 2 is 1.86 bits per heavy atom. The molecule has 0 bridgehead atoms. The molecule has 2 rings (SSSR count). The lowest BCUT2D eigenvalue weighted by atomic mass is 10.2. The average molecular weight is 320 g/mol. The van der Waals surface area contributed by atoms with Crippen molar-refractivity contribution in [3.8, 4) is 5.75 Å². The summed E-state index contributed by atoms with van der Waals surface area (Å²) in [7, 11) is 0. The molecule has 0 aliphatic heterocycles. The van der Waals surface area contributed by atoms with E-state index < -0.39 is 24.0 Å². The van der Waals surface area contributed by atoms with Crippen molar-refractivity contribution in [3.63, 3.8) is 0 Å². The topological polar surface area (TPSA) is 21.3 Å². The highest BCUT2D eigenvalue weighted by Crippen LogP contribution is 2.24. The van der Waals surface area contributed by atoms with Crippen molar-refractivity contribution in [2.75, 3.05) is 5.32 Å². The monoisotopic (exact) mass is 319 g/mol. The van der Waals surface area contributed by atoms with Crippen LogP contribution in [0.5, 0.6) is 5.75 Å². The van der Waals surface area contributed by atoms with Gasteiger partial charge < -0.3 is 10.1 Å². The molecule has 0 heterocycles. The number of ether oxygens (including phenoxy) is 1. The van der Waals surface area contributed by atoms with Crippen LogP contribution in [0, 0.1) is 11.6 Å². The van der Waals surface area contributed by atoms with Crippen molar-refractivity contribution in [2.24, 2.45) is 0 Å². The summed E-state index contributed by atoms with van der Waals surface area (Å²) in [6.07, 6.45) is 0. The SMILES string of the molecule is Fc1cc(NCc2c(F)cccc2Cl)ccc1OC(F)F. The van der Waals surface area contributed by atoms with Crippen LogP contribution in [0.4, 0.5) is 23.2 Å². The Morgan fingerprint density at radius 3 is 2.48 bits per heavy atom. The molecule has 0 unspecified atom stereocenters. The van der Waals surface area contributed by atoms with Crippen LogP contribution in [0.2, 0.25) is 5.02 Å². The second-order valence-corrected chi connectivity index (χ2v) is 4.48. The highest BCUT2D eigenvalue weighted by atomic mass is 35.5. The molecule has 2 aromatic rings. The number of nitrogens with one attached hydrogen (secondary N) is 1. The van der Waals surface area contributed by atoms with Gasteiger partial charge in [-0.3, -0.25) is 0 Å². The van der Waals surface area contributed by atoms with Gasteiger partial charge in [0.25, 0.3) is 0 Å². The fraction of sp³-hybridized carbons (Fsp3) is 0.143. The van der Waals surface area contributed by atoms with Crippen LogP contribution in [0.25, 0.3) is 0 Å². The van der Waals surface area contributed by atoms with Gasteiger partial charge in [-0.2, -0.15) is 8.78 Å². The number of hydrogen-bond acceptors (Lipinski definition) is 2. The van der Waals surface area contributed by atoms with Gasteiger partial charge in [0.05, 0.1) is 0 Å². The van der Waals surface area contributed by atoms with Gasteiger partial charge in [0, 0.05) is 28.9 Å². The number of alkyl halides is 2. The average Bonchev–Trinajstić information content (AvgIpc) is 2.41. The second kappa shape index (κ2) is 6.67. The van der Waals surface area contributed by atoms with Gasteiger partial charge in [-0.1, -0.05) is 17.7 Å². The van der Waals surface area contributed by atoms with Crippen molar-refractivity contribution in [3.05, 3.63) is 58.6 Å². The smallest absolute Gasteiger partial charge is 0.387 e. The molecule has 112 valence electrons. The molecule has 0 radical (unpaired) electrons. The normalized spacial score (nSPS) is 10.8. The third-order valence-corrected chi connectivity index (χ3v) is 3.03. The van der Waals surface area contributed by atoms with E-state index in [1.54, 1.807) is 0 Å². The van der Waals surface area contributed by atoms with E-state index in [0.717, 1.165) is 12.1 Å². The summed E-state index contributed by atoms with van der Waals surface area (Å²) in [4.78, 5) is 0. The van der Waals surface area contributed by atoms with Crippen molar-refractivity contribution in [1.82, 2.24) is 0 Å². The standard InChI is InChI=1S/C14H10ClF4NO/c15-10-2-1-3-11(16)9(10)7-20-8-4-5-13(12(17)6-8)21-14(18)19/h1-6,14,20H,7H2. The van der Waals surface area contributed by atoms with Crippen molar-refractivity contribution in [2.45, 2.75) is 13.2 Å². The third-order valence-electron chi connectivity index (χ3n) is 2.68. The van der Waals surface area contributed by atoms with E-state index in [-0.39, 0.29) is 22.8 Å². The first-order valence-electron chi connectivity index (χ1n) is 5.88. The Morgan fingerprint density at radius 1 is 1.10 bits per heavy atom. The molecule has 21 heavy (non-hydrogen) atoms. The highest BCUT2D eigenvalue weighted by Gasteiger charge is 2.11. The van der Waals surface area contributed by atoms with E-state index in [0.29, 0.717) is 0 Å². The fourth-order valence-corrected chi connectivity index (χ4v) is 1.92. The summed E-state index contributed by atoms with van der Waals surface area (Å²) in [6.45, 7) is -3.07. The van der Waals surface area contributed by atoms with Gasteiger partial charge in [0.1, 0.15) is 5.82 Å². The van der Waals surface area contributed by atoms with Gasteiger partial charge in [-0.25, -0.2) is 8.78 Å². The maximum Gasteiger partial charge on any atom is 0.387 e. The molecular weight excluding hydrogens is 310 g/mol. The Labute approximate surface area is 123 Å². The van der Waals surface area contributed by atoms with Crippen LogP contribution in [0.3, 0.4) is 0 Å². The fourth-order valence-electron chi connectivity index (χ4n) is 1.69. The molecule has 7 heteroatoms. The van der Waals surface area contributed by atoms with Crippen LogP contribution in [0.1, 0.15) is 5.56 Å². The van der Waals surface area contributed by atoms with E-state index in [1.807, 2.05) is 0 Å². The van der Waals surface area contributed by atoms with Gasteiger partial charge >= 0.3 is 6.61 Å². The Kier molecular flexibility index (Phi) is 4.90. The zero-order valence-electron chi connectivity index (χ0n) is 10.5. The van der Waals surface area contributed by atoms with Gasteiger partial charge in [0.2, 0.25) is 0 Å². The van der Waals surface area contributed by atoms with E-state index in [4.69, 9.17) is 11.6 Å². The van der Waals surface area contributed by atoms with E-state index >= 15 is 0 Å². The quantitative estimate of drug-likeness (QED) is 0.797. The largest absolute Gasteiger partial charge is 0.432 e. The summed E-state index contributed by atoms with van der Waals surface area (Å²) in [6, 6.07) is 7.64. The molecule has 1 N–H and O–H groups in total. The summed E-state index contributed by atoms with van der Waals surface area (Å²) in [5, 5.41) is 2.99. The minimum Gasteiger partial charge on any atom is -0.432 e. The van der Waals surface area contributed by atoms with Gasteiger partial charge in [-0.05, 0) is 24.3 Å². The molecule has 0 saturated carbocycles. The van der Waals surface area contributed by atoms with Crippen LogP contribution < -0.4 is 10.1 Å². The predicted molar refractivity (Wildman–Crippen MR) is 71.8 cm³/mol. The molecule has 0 atom stereocenters. The van der Waals surface area contributed by atoms with Gasteiger partial charge in [-0.15, -0.1) is 0 Å². The molecule has 0 aromatic heterocycles. The summed E-state index contributed by atoms with van der Waals surface area (Å²) >= 11 is 5.85. The second-order valence-electron chi connectivity index (χ2n) is 4.08. The molecule has 0 saturated heterocycles. The minimum atomic E-state index is -3.10. The Hall–Kier alpha value is -1.95. The van der Waals surface area contributed by atoms with Crippen LogP contribution in [0.15, 0.2) is 36.4 Å². The number of anilines is 1. The predicted octanol–water partition coefficient (Wildman–Crippen LogP) is 4.83. The molecule has 2 nitrogen and oxygen atoms in total. The molecular formula is C14H10ClF4NO. The minimum absolute atomic E-state index is 0.0278. The summed E-state index contributed by atoms with van der Waals surface area (Å²) in [5.74, 6) is -1.99. The zero-order valence-corrected chi connectivity index (χ0v) is 11.3. The van der Waals surface area contributed by atoms with E-state index in [9.17, 15) is 17.6 Å². The first-order valence-corrected chi connectivity index (χ1v) is 6.26. The highest BCUT2D eigenvalue weighted by molar-refractivity contribution is 6.31. The summed E-state index contributed by atoms with van der Waals surface area (Å²) < 4.78 is 55.0. The molecule has 0 amide bonds. The Balaban J connectivity index is 2.09. The van der Waals surface area contributed by atoms with Gasteiger partial charge in [0.15, 0.2) is 11.6 Å². The first kappa shape index (κ1) is 15.4. The number of hydrogen-bond donors (Lipinski definition) is 1. The third kappa shape index (κ3) is 4.01. The first-order chi connectivity index (χ1) is 9.97. The lowest BCUT2D eigenvalue weighted by Crippen LogP contribution is -2.05. The van der Waals surface area contributed by atoms with Crippen LogP contribution >= 0.6 is 11.6 Å². The van der Waals surface area contributed by atoms with Crippen LogP contribution in [-0.2, 0) is 6.54 Å². The number of halogens is 5. The van der Waals surface area contributed by atoms with Crippen molar-refractivity contribution in [1.29, 1.82) is 0 Å². The maximum absolute atomic E-state index is 13.5. The summed E-state index contributed by atoms with van der Waals surface area (Å²) in [5.41, 5.74) is 0.515. The molecule has 2 aromatic carbocycles. The number of rotatable bonds is 5. The lowest BCUT2D eigenvalue weighted by molar-refractivity contribution is -0.0521. The van der Waals surface area contributed by atoms with E-state index in [2.05, 4.69) is 10.1 Å². The molecule has 0 spiro atoms. The van der Waals surface area contributed by atoms with Crippen molar-refractivity contribution >= 4 is 17.3 Å². The zero-order chi connectivity index (χ0) is 15.4. The van der Waals surface area contributed by atoms with E-state index in [1.165, 1.54) is 24.3 Å². The number of benzene rings is 2. The van der Waals surface area contributed by atoms with Crippen molar-refractivity contribution < 1.29 is 22.3 Å². The maximum atomic E-state index is 13.5. The molecule has 0 aliphatic carbocycles. The lowest BCUT2D eigenvalue weighted by Gasteiger charge is -2.11. The molecule has 0 aliphatic rings. The molecule has 0 fully saturated rings. The van der Waals surface area contributed by atoms with Crippen LogP contribution in [-0.4, -0.2) is 6.61 Å².